The van der Waals surface area contributed by atoms with Gasteiger partial charge < -0.3 is 5.11 Å². The van der Waals surface area contributed by atoms with Crippen LogP contribution >= 0.6 is 23.2 Å². The number of imide groups is 2. The number of carbonyl (C=O) groups is 4. The van der Waals surface area contributed by atoms with Crippen LogP contribution in [0.25, 0.3) is 0 Å². The third-order valence-electron chi connectivity index (χ3n) is 9.16. The quantitative estimate of drug-likeness (QED) is 0.185. The van der Waals surface area contributed by atoms with Gasteiger partial charge in [0.1, 0.15) is 5.75 Å². The fourth-order valence-corrected chi connectivity index (χ4v) is 8.29. The van der Waals surface area contributed by atoms with Crippen molar-refractivity contribution in [3.05, 3.63) is 74.9 Å². The standard InChI is InChI=1S/C29H25Cl2N3O7/c1-13-9-15(10-14(2)23(13)35)22-18-7-8-19-21(20(18)12-28(30)26(38)32(3)27(39)29(22,28)31)25(37)33(24(19)36)16-5-4-6-17(11-16)34(40)41/h4-7,9-11,19-22,35H,8,12H2,1-3H3. The van der Waals surface area contributed by atoms with Crippen molar-refractivity contribution in [2.75, 3.05) is 11.9 Å². The van der Waals surface area contributed by atoms with Crippen LogP contribution in [0.3, 0.4) is 0 Å². The van der Waals surface area contributed by atoms with E-state index in [9.17, 15) is 34.4 Å². The van der Waals surface area contributed by atoms with Crippen LogP contribution in [0.4, 0.5) is 11.4 Å². The summed E-state index contributed by atoms with van der Waals surface area (Å²) in [6, 6.07) is 8.69. The Labute approximate surface area is 244 Å². The van der Waals surface area contributed by atoms with E-state index >= 15 is 0 Å². The molecule has 6 unspecified atom stereocenters. The van der Waals surface area contributed by atoms with Gasteiger partial charge in [-0.15, -0.1) is 23.2 Å². The lowest BCUT2D eigenvalue weighted by Gasteiger charge is -2.51. The number of nitro groups is 1. The number of alkyl halides is 2. The van der Waals surface area contributed by atoms with Gasteiger partial charge in [0.05, 0.1) is 22.4 Å². The van der Waals surface area contributed by atoms with Crippen molar-refractivity contribution in [2.45, 2.75) is 42.4 Å². The molecule has 0 aromatic heterocycles. The molecule has 1 N–H and O–H groups in total. The number of fused-ring (bicyclic) bond motifs is 4. The Balaban J connectivity index is 1.52. The first kappa shape index (κ1) is 27.4. The van der Waals surface area contributed by atoms with Crippen molar-refractivity contribution in [2.24, 2.45) is 17.8 Å². The summed E-state index contributed by atoms with van der Waals surface area (Å²) >= 11 is 14.3. The van der Waals surface area contributed by atoms with Crippen LogP contribution < -0.4 is 4.90 Å². The van der Waals surface area contributed by atoms with Crippen LogP contribution in [0.15, 0.2) is 48.0 Å². The van der Waals surface area contributed by atoms with Crippen molar-refractivity contribution >= 4 is 58.2 Å². The zero-order chi connectivity index (χ0) is 29.8. The second-order valence-corrected chi connectivity index (χ2v) is 12.5. The van der Waals surface area contributed by atoms with Crippen LogP contribution in [-0.2, 0) is 19.2 Å². The lowest BCUT2D eigenvalue weighted by atomic mass is 9.56. The predicted molar refractivity (Wildman–Crippen MR) is 149 cm³/mol. The van der Waals surface area contributed by atoms with Crippen LogP contribution in [0.2, 0.25) is 0 Å². The molecule has 2 heterocycles. The molecule has 10 nitrogen and oxygen atoms in total. The van der Waals surface area contributed by atoms with E-state index in [0.29, 0.717) is 22.3 Å². The molecule has 4 aliphatic rings. The zero-order valence-electron chi connectivity index (χ0n) is 22.3. The van der Waals surface area contributed by atoms with Crippen molar-refractivity contribution in [3.63, 3.8) is 0 Å². The largest absolute Gasteiger partial charge is 0.507 e. The van der Waals surface area contributed by atoms with Gasteiger partial charge in [0.25, 0.3) is 17.5 Å². The summed E-state index contributed by atoms with van der Waals surface area (Å²) in [5.74, 6) is -5.69. The highest BCUT2D eigenvalue weighted by Gasteiger charge is 2.75. The van der Waals surface area contributed by atoms with E-state index in [1.165, 1.54) is 31.3 Å². The van der Waals surface area contributed by atoms with Crippen molar-refractivity contribution in [1.82, 2.24) is 4.90 Å². The molecule has 4 amide bonds. The molecule has 12 heteroatoms. The van der Waals surface area contributed by atoms with Crippen molar-refractivity contribution in [1.29, 1.82) is 0 Å². The average Bonchev–Trinajstić information content (AvgIpc) is 3.26. The van der Waals surface area contributed by atoms with Gasteiger partial charge >= 0.3 is 0 Å². The number of phenols is 1. The number of benzene rings is 2. The second kappa shape index (κ2) is 8.87. The molecule has 2 aliphatic carbocycles. The molecule has 0 radical (unpaired) electrons. The number of allylic oxidation sites excluding steroid dienone is 2. The van der Waals surface area contributed by atoms with Gasteiger partial charge in [-0.25, -0.2) is 4.90 Å². The lowest BCUT2D eigenvalue weighted by Crippen LogP contribution is -2.60. The van der Waals surface area contributed by atoms with Crippen LogP contribution in [0, 0.1) is 41.7 Å². The molecule has 2 aromatic rings. The number of non-ortho nitro benzene ring substituents is 1. The number of aryl methyl sites for hydroxylation is 2. The Morgan fingerprint density at radius 2 is 1.66 bits per heavy atom. The minimum absolute atomic E-state index is 0.0784. The Morgan fingerprint density at radius 3 is 2.29 bits per heavy atom. The van der Waals surface area contributed by atoms with Gasteiger partial charge in [-0.2, -0.15) is 0 Å². The molecule has 212 valence electrons. The summed E-state index contributed by atoms with van der Waals surface area (Å²) < 4.78 is 0. The molecule has 2 aliphatic heterocycles. The van der Waals surface area contributed by atoms with Crippen molar-refractivity contribution in [3.8, 4) is 5.75 Å². The topological polar surface area (TPSA) is 138 Å². The Morgan fingerprint density at radius 1 is 1.00 bits per heavy atom. The number of carbonyl (C=O) groups excluding carboxylic acids is 4. The number of hydrogen-bond acceptors (Lipinski definition) is 7. The molecule has 2 aromatic carbocycles. The van der Waals surface area contributed by atoms with E-state index in [4.69, 9.17) is 23.2 Å². The first-order chi connectivity index (χ1) is 19.2. The van der Waals surface area contributed by atoms with E-state index in [1.807, 2.05) is 6.08 Å². The smallest absolute Gasteiger partial charge is 0.271 e. The average molecular weight is 598 g/mol. The molecule has 0 spiro atoms. The summed E-state index contributed by atoms with van der Waals surface area (Å²) in [7, 11) is 1.32. The van der Waals surface area contributed by atoms with Crippen LogP contribution in [0.5, 0.6) is 5.75 Å². The summed E-state index contributed by atoms with van der Waals surface area (Å²) in [5.41, 5.74) is 2.06. The molecule has 41 heavy (non-hydrogen) atoms. The molecule has 6 rings (SSSR count). The fourth-order valence-electron chi connectivity index (χ4n) is 7.27. The molecular formula is C29H25Cl2N3O7. The van der Waals surface area contributed by atoms with E-state index < -0.39 is 62.0 Å². The number of hydrogen-bond donors (Lipinski definition) is 1. The minimum atomic E-state index is -1.92. The molecule has 0 bridgehead atoms. The van der Waals surface area contributed by atoms with Gasteiger partial charge in [-0.1, -0.05) is 29.8 Å². The maximum absolute atomic E-state index is 14.0. The summed E-state index contributed by atoms with van der Waals surface area (Å²) in [6.07, 6.45) is 1.82. The number of nitro benzene ring substituents is 1. The van der Waals surface area contributed by atoms with E-state index in [2.05, 4.69) is 0 Å². The SMILES string of the molecule is Cc1cc(C2C3=CCC4C(=O)N(c5cccc([N+](=O)[O-])c5)C(=O)C4C3CC3(Cl)C(=O)N(C)C(=O)C23Cl)cc(C)c1O. The van der Waals surface area contributed by atoms with Gasteiger partial charge in [0.2, 0.25) is 11.8 Å². The highest BCUT2D eigenvalue weighted by Crippen LogP contribution is 2.65. The summed E-state index contributed by atoms with van der Waals surface area (Å²) in [5, 5.41) is 21.8. The molecule has 1 saturated carbocycles. The third kappa shape index (κ3) is 3.43. The first-order valence-electron chi connectivity index (χ1n) is 13.1. The third-order valence-corrected chi connectivity index (χ3v) is 10.6. The summed E-state index contributed by atoms with van der Waals surface area (Å²) in [6.45, 7) is 3.41. The van der Waals surface area contributed by atoms with E-state index in [1.54, 1.807) is 26.0 Å². The highest BCUT2D eigenvalue weighted by molar-refractivity contribution is 6.53. The minimum Gasteiger partial charge on any atom is -0.507 e. The van der Waals surface area contributed by atoms with Gasteiger partial charge in [-0.3, -0.25) is 34.2 Å². The Kier molecular flexibility index (Phi) is 5.93. The maximum atomic E-state index is 14.0. The van der Waals surface area contributed by atoms with E-state index in [-0.39, 0.29) is 30.0 Å². The van der Waals surface area contributed by atoms with Crippen molar-refractivity contribution < 1.29 is 29.2 Å². The number of phenolic OH excluding ortho intramolecular Hbond substituents is 1. The monoisotopic (exact) mass is 597 g/mol. The van der Waals surface area contributed by atoms with Gasteiger partial charge in [0.15, 0.2) is 9.75 Å². The highest BCUT2D eigenvalue weighted by atomic mass is 35.5. The number of likely N-dealkylation sites (tertiary alicyclic amines) is 1. The number of anilines is 1. The van der Waals surface area contributed by atoms with E-state index in [0.717, 1.165) is 9.80 Å². The van der Waals surface area contributed by atoms with Crippen LogP contribution in [-0.4, -0.2) is 55.4 Å². The summed E-state index contributed by atoms with van der Waals surface area (Å²) in [4.78, 5) is 63.6. The normalized spacial score (nSPS) is 32.6. The zero-order valence-corrected chi connectivity index (χ0v) is 23.8. The molecule has 6 atom stereocenters. The van der Waals surface area contributed by atoms with Gasteiger partial charge in [-0.05, 0) is 55.4 Å². The lowest BCUT2D eigenvalue weighted by molar-refractivity contribution is -0.384. The number of halogens is 2. The number of amides is 4. The Bertz CT molecular complexity index is 1620. The Hall–Kier alpha value is -3.76. The van der Waals surface area contributed by atoms with Gasteiger partial charge in [0, 0.05) is 25.1 Å². The van der Waals surface area contributed by atoms with Crippen LogP contribution in [0.1, 0.15) is 35.4 Å². The molecular weight excluding hydrogens is 573 g/mol. The predicted octanol–water partition coefficient (Wildman–Crippen LogP) is 4.11. The maximum Gasteiger partial charge on any atom is 0.271 e. The molecule has 3 fully saturated rings. The molecule has 2 saturated heterocycles. The second-order valence-electron chi connectivity index (χ2n) is 11.3. The number of nitrogens with zero attached hydrogens (tertiary/aromatic N) is 3. The first-order valence-corrected chi connectivity index (χ1v) is 13.8. The number of aromatic hydroxyl groups is 1. The fraction of sp³-hybridized carbons (Fsp3) is 0.379. The number of rotatable bonds is 3.